The predicted molar refractivity (Wildman–Crippen MR) is 142 cm³/mol. The number of para-hydroxylation sites is 1. The van der Waals surface area contributed by atoms with Crippen LogP contribution in [0.5, 0.6) is 0 Å². The summed E-state index contributed by atoms with van der Waals surface area (Å²) in [7, 11) is 0. The zero-order valence-electron chi connectivity index (χ0n) is 22.4. The lowest BCUT2D eigenvalue weighted by molar-refractivity contribution is -0.142. The van der Waals surface area contributed by atoms with Gasteiger partial charge in [-0.1, -0.05) is 62.4 Å². The zero-order chi connectivity index (χ0) is 26.6. The number of benzene rings is 2. The third kappa shape index (κ3) is 6.86. The summed E-state index contributed by atoms with van der Waals surface area (Å²) in [5.74, 6) is -0.771. The quantitative estimate of drug-likeness (QED) is 0.507. The van der Waals surface area contributed by atoms with Gasteiger partial charge < -0.3 is 20.3 Å². The van der Waals surface area contributed by atoms with Gasteiger partial charge >= 0.3 is 6.09 Å². The molecule has 0 radical (unpaired) electrons. The Morgan fingerprint density at radius 2 is 1.53 bits per heavy atom. The lowest BCUT2D eigenvalue weighted by Crippen LogP contribution is -2.55. The van der Waals surface area contributed by atoms with E-state index >= 15 is 0 Å². The van der Waals surface area contributed by atoms with Gasteiger partial charge in [0.2, 0.25) is 5.91 Å². The van der Waals surface area contributed by atoms with E-state index in [-0.39, 0.29) is 23.8 Å². The van der Waals surface area contributed by atoms with Crippen LogP contribution in [0.25, 0.3) is 0 Å². The van der Waals surface area contributed by atoms with Crippen molar-refractivity contribution in [1.29, 1.82) is 0 Å². The summed E-state index contributed by atoms with van der Waals surface area (Å²) < 4.78 is 5.42. The van der Waals surface area contributed by atoms with E-state index in [2.05, 4.69) is 10.6 Å². The zero-order valence-corrected chi connectivity index (χ0v) is 22.4. The van der Waals surface area contributed by atoms with Crippen LogP contribution >= 0.6 is 0 Å². The molecule has 194 valence electrons. The number of hydrogen-bond acceptors (Lipinski definition) is 4. The van der Waals surface area contributed by atoms with E-state index in [9.17, 15) is 14.4 Å². The average molecular weight is 494 g/mol. The number of nitrogens with one attached hydrogen (secondary N) is 2. The van der Waals surface area contributed by atoms with Gasteiger partial charge in [-0.15, -0.1) is 0 Å². The summed E-state index contributed by atoms with van der Waals surface area (Å²) in [6, 6.07) is 13.4. The minimum absolute atomic E-state index is 0.0758. The third-order valence-electron chi connectivity index (χ3n) is 6.17. The summed E-state index contributed by atoms with van der Waals surface area (Å²) in [4.78, 5) is 42.2. The van der Waals surface area contributed by atoms with Crippen molar-refractivity contribution in [1.82, 2.24) is 10.2 Å². The molecule has 2 N–H and O–H groups in total. The predicted octanol–water partition coefficient (Wildman–Crippen LogP) is 5.52. The van der Waals surface area contributed by atoms with Crippen molar-refractivity contribution in [3.05, 3.63) is 65.2 Å². The first-order valence-electron chi connectivity index (χ1n) is 12.6. The van der Waals surface area contributed by atoms with E-state index < -0.39 is 23.8 Å². The summed E-state index contributed by atoms with van der Waals surface area (Å²) >= 11 is 0. The number of nitrogens with zero attached hydrogens (tertiary/aromatic N) is 1. The molecule has 1 aliphatic carbocycles. The largest absolute Gasteiger partial charge is 0.444 e. The van der Waals surface area contributed by atoms with E-state index in [0.717, 1.165) is 35.2 Å². The highest BCUT2D eigenvalue weighted by Gasteiger charge is 2.44. The Hall–Kier alpha value is -3.35. The molecule has 2 atom stereocenters. The number of carbonyl (C=O) groups is 3. The molecule has 2 aromatic rings. The lowest BCUT2D eigenvalue weighted by atomic mass is 9.98. The summed E-state index contributed by atoms with van der Waals surface area (Å²) in [6.45, 7) is 13.0. The Labute approximate surface area is 214 Å². The van der Waals surface area contributed by atoms with Crippen molar-refractivity contribution in [2.24, 2.45) is 5.92 Å². The topological polar surface area (TPSA) is 87.7 Å². The first-order chi connectivity index (χ1) is 16.9. The summed E-state index contributed by atoms with van der Waals surface area (Å²) in [5, 5.41) is 5.86. The highest BCUT2D eigenvalue weighted by molar-refractivity contribution is 6.00. The van der Waals surface area contributed by atoms with Crippen molar-refractivity contribution < 1.29 is 19.1 Å². The Morgan fingerprint density at radius 3 is 2.03 bits per heavy atom. The van der Waals surface area contributed by atoms with Crippen LogP contribution in [-0.2, 0) is 14.3 Å². The highest BCUT2D eigenvalue weighted by Crippen LogP contribution is 2.37. The van der Waals surface area contributed by atoms with Crippen LogP contribution in [0.3, 0.4) is 0 Å². The van der Waals surface area contributed by atoms with E-state index in [0.29, 0.717) is 0 Å². The molecule has 0 aliphatic heterocycles. The summed E-state index contributed by atoms with van der Waals surface area (Å²) in [6.07, 6.45) is 0.966. The molecule has 0 bridgehead atoms. The van der Waals surface area contributed by atoms with Crippen LogP contribution in [0.15, 0.2) is 48.5 Å². The monoisotopic (exact) mass is 493 g/mol. The minimum atomic E-state index is -0.841. The van der Waals surface area contributed by atoms with Crippen molar-refractivity contribution in [3.63, 3.8) is 0 Å². The van der Waals surface area contributed by atoms with Crippen LogP contribution in [0.2, 0.25) is 0 Å². The van der Waals surface area contributed by atoms with Crippen LogP contribution < -0.4 is 10.6 Å². The van der Waals surface area contributed by atoms with E-state index in [1.54, 1.807) is 25.7 Å². The second-order valence-corrected chi connectivity index (χ2v) is 10.9. The molecule has 36 heavy (non-hydrogen) atoms. The third-order valence-corrected chi connectivity index (χ3v) is 6.17. The van der Waals surface area contributed by atoms with Crippen molar-refractivity contribution in [3.8, 4) is 0 Å². The molecular formula is C29H39N3O4. The maximum Gasteiger partial charge on any atom is 0.408 e. The van der Waals surface area contributed by atoms with Gasteiger partial charge in [-0.2, -0.15) is 0 Å². The smallest absolute Gasteiger partial charge is 0.408 e. The second-order valence-electron chi connectivity index (χ2n) is 10.9. The second kappa shape index (κ2) is 11.1. The molecule has 7 heteroatoms. The number of rotatable bonds is 8. The molecule has 7 nitrogen and oxygen atoms in total. The molecule has 0 aromatic heterocycles. The molecule has 3 rings (SSSR count). The lowest BCUT2D eigenvalue weighted by Gasteiger charge is -2.36. The number of carbonyl (C=O) groups excluding carboxylic acids is 3. The number of ether oxygens (including phenoxy) is 1. The maximum atomic E-state index is 14.0. The number of aryl methyl sites for hydroxylation is 2. The van der Waals surface area contributed by atoms with Crippen LogP contribution in [-0.4, -0.2) is 40.5 Å². The normalized spacial score (nSPS) is 15.1. The number of alkyl carbamates (subject to hydrolysis) is 1. The van der Waals surface area contributed by atoms with Gasteiger partial charge in [-0.3, -0.25) is 9.59 Å². The standard InChI is InChI=1S/C29H39N3O4/c1-18(2)23(31-28(35)36-29(5,6)7)27(34)32(22-16-17-22)25(21-14-9-8-10-15-21)26(33)30-24-19(3)12-11-13-20(24)4/h8-15,18,22-23,25H,16-17H2,1-7H3,(H,30,33)(H,31,35). The fourth-order valence-electron chi connectivity index (χ4n) is 4.26. The summed E-state index contributed by atoms with van der Waals surface area (Å²) in [5.41, 5.74) is 2.68. The number of anilines is 1. The van der Waals surface area contributed by atoms with Gasteiger partial charge in [0, 0.05) is 11.7 Å². The molecule has 0 saturated heterocycles. The molecule has 2 unspecified atom stereocenters. The average Bonchev–Trinajstić information content (AvgIpc) is 3.62. The molecule has 0 spiro atoms. The van der Waals surface area contributed by atoms with E-state index in [1.807, 2.05) is 76.2 Å². The van der Waals surface area contributed by atoms with Crippen molar-refractivity contribution in [2.75, 3.05) is 5.32 Å². The Morgan fingerprint density at radius 1 is 0.944 bits per heavy atom. The van der Waals surface area contributed by atoms with Gasteiger partial charge in [-0.25, -0.2) is 4.79 Å². The number of amides is 3. The first kappa shape index (κ1) is 27.2. The van der Waals surface area contributed by atoms with Gasteiger partial charge in [-0.05, 0) is 70.1 Å². The first-order valence-corrected chi connectivity index (χ1v) is 12.6. The SMILES string of the molecule is Cc1cccc(C)c1NC(=O)C(c1ccccc1)N(C(=O)C(NC(=O)OC(C)(C)C)C(C)C)C1CC1. The van der Waals surface area contributed by atoms with Crippen LogP contribution in [0, 0.1) is 19.8 Å². The Balaban J connectivity index is 1.98. The van der Waals surface area contributed by atoms with Gasteiger partial charge in [0.25, 0.3) is 5.91 Å². The van der Waals surface area contributed by atoms with Gasteiger partial charge in [0.15, 0.2) is 0 Å². The molecule has 0 heterocycles. The molecule has 3 amide bonds. The fraction of sp³-hybridized carbons (Fsp3) is 0.483. The molecule has 1 saturated carbocycles. The van der Waals surface area contributed by atoms with Crippen molar-refractivity contribution >= 4 is 23.6 Å². The molecule has 1 fully saturated rings. The van der Waals surface area contributed by atoms with Crippen LogP contribution in [0.4, 0.5) is 10.5 Å². The van der Waals surface area contributed by atoms with Gasteiger partial charge in [0.1, 0.15) is 17.7 Å². The Bertz CT molecular complexity index is 1070. The van der Waals surface area contributed by atoms with Gasteiger partial charge in [0.05, 0.1) is 0 Å². The number of hydrogen-bond donors (Lipinski definition) is 2. The van der Waals surface area contributed by atoms with Crippen molar-refractivity contribution in [2.45, 2.75) is 85.0 Å². The minimum Gasteiger partial charge on any atom is -0.444 e. The van der Waals surface area contributed by atoms with E-state index in [1.165, 1.54) is 0 Å². The Kier molecular flexibility index (Phi) is 8.43. The molecule has 1 aliphatic rings. The fourth-order valence-corrected chi connectivity index (χ4v) is 4.26. The van der Waals surface area contributed by atoms with Crippen LogP contribution in [0.1, 0.15) is 70.2 Å². The van der Waals surface area contributed by atoms with E-state index in [4.69, 9.17) is 4.74 Å². The maximum absolute atomic E-state index is 14.0. The molecule has 2 aromatic carbocycles. The highest BCUT2D eigenvalue weighted by atomic mass is 16.6. The molecular weight excluding hydrogens is 454 g/mol.